The molecule has 1 aliphatic heterocycles. The summed E-state index contributed by atoms with van der Waals surface area (Å²) in [6.45, 7) is 3.37. The van der Waals surface area contributed by atoms with Crippen LogP contribution in [0.25, 0.3) is 10.3 Å². The van der Waals surface area contributed by atoms with Crippen molar-refractivity contribution in [2.24, 2.45) is 5.92 Å². The second-order valence-corrected chi connectivity index (χ2v) is 8.00. The van der Waals surface area contributed by atoms with Crippen molar-refractivity contribution in [3.05, 3.63) is 45.5 Å². The summed E-state index contributed by atoms with van der Waals surface area (Å²) in [4.78, 5) is 37.6. The number of aromatic amines is 1. The number of aromatic nitrogens is 3. The van der Waals surface area contributed by atoms with E-state index >= 15 is 0 Å². The van der Waals surface area contributed by atoms with E-state index in [0.29, 0.717) is 34.1 Å². The minimum Gasteiger partial charge on any atom is -0.348 e. The Morgan fingerprint density at radius 3 is 2.85 bits per heavy atom. The molecule has 0 atom stereocenters. The van der Waals surface area contributed by atoms with Crippen molar-refractivity contribution in [2.45, 2.75) is 19.8 Å². The molecule has 1 aliphatic rings. The Morgan fingerprint density at radius 1 is 1.37 bits per heavy atom. The van der Waals surface area contributed by atoms with Crippen LogP contribution in [0, 0.1) is 12.8 Å². The van der Waals surface area contributed by atoms with E-state index in [2.05, 4.69) is 25.2 Å². The molecule has 1 aromatic carbocycles. The lowest BCUT2D eigenvalue weighted by molar-refractivity contribution is -0.120. The number of anilines is 2. The zero-order valence-corrected chi connectivity index (χ0v) is 16.2. The first kappa shape index (κ1) is 17.9. The van der Waals surface area contributed by atoms with E-state index in [1.54, 1.807) is 0 Å². The van der Waals surface area contributed by atoms with Crippen LogP contribution in [0.1, 0.15) is 18.4 Å². The number of benzene rings is 1. The van der Waals surface area contributed by atoms with Gasteiger partial charge in [-0.05, 0) is 37.5 Å². The molecule has 3 heterocycles. The van der Waals surface area contributed by atoms with Crippen LogP contribution in [0.3, 0.4) is 0 Å². The predicted molar refractivity (Wildman–Crippen MR) is 108 cm³/mol. The average Bonchev–Trinajstić information content (AvgIpc) is 3.10. The van der Waals surface area contributed by atoms with Gasteiger partial charge in [0.15, 0.2) is 10.8 Å². The first-order valence-electron chi connectivity index (χ1n) is 8.67. The van der Waals surface area contributed by atoms with E-state index in [1.165, 1.54) is 17.7 Å². The van der Waals surface area contributed by atoms with Gasteiger partial charge in [0.1, 0.15) is 4.70 Å². The molecule has 2 N–H and O–H groups in total. The van der Waals surface area contributed by atoms with Crippen molar-refractivity contribution in [2.75, 3.05) is 23.3 Å². The molecule has 1 fully saturated rings. The largest absolute Gasteiger partial charge is 0.348 e. The van der Waals surface area contributed by atoms with Crippen LogP contribution in [0.2, 0.25) is 5.02 Å². The van der Waals surface area contributed by atoms with Gasteiger partial charge < -0.3 is 15.2 Å². The summed E-state index contributed by atoms with van der Waals surface area (Å²) in [5, 5.41) is 4.25. The maximum atomic E-state index is 12.6. The Labute approximate surface area is 164 Å². The van der Waals surface area contributed by atoms with Gasteiger partial charge >= 0.3 is 0 Å². The molecule has 0 saturated carbocycles. The zero-order chi connectivity index (χ0) is 19.0. The highest BCUT2D eigenvalue weighted by Crippen LogP contribution is 2.30. The molecule has 3 aromatic rings. The summed E-state index contributed by atoms with van der Waals surface area (Å²) >= 11 is 7.54. The van der Waals surface area contributed by atoms with Gasteiger partial charge in [-0.2, -0.15) is 4.98 Å². The minimum absolute atomic E-state index is 0.0113. The second kappa shape index (κ2) is 7.28. The third kappa shape index (κ3) is 3.68. The molecule has 1 saturated heterocycles. The number of fused-ring (bicyclic) bond motifs is 1. The number of halogens is 1. The summed E-state index contributed by atoms with van der Waals surface area (Å²) < 4.78 is 0.529. The van der Waals surface area contributed by atoms with Crippen LogP contribution in [0.4, 0.5) is 10.8 Å². The second-order valence-electron chi connectivity index (χ2n) is 6.61. The number of H-pyrrole nitrogens is 1. The molecule has 0 unspecified atom stereocenters. The number of rotatable bonds is 3. The van der Waals surface area contributed by atoms with Crippen LogP contribution < -0.4 is 15.8 Å². The molecule has 2 aromatic heterocycles. The molecule has 27 heavy (non-hydrogen) atoms. The van der Waals surface area contributed by atoms with Crippen molar-refractivity contribution < 1.29 is 4.79 Å². The molecule has 0 radical (unpaired) electrons. The van der Waals surface area contributed by atoms with E-state index in [9.17, 15) is 9.59 Å². The number of hydrogen-bond acceptors (Lipinski definition) is 6. The fraction of sp³-hybridized carbons (Fsp3) is 0.333. The number of thiazole rings is 1. The van der Waals surface area contributed by atoms with Crippen molar-refractivity contribution >= 4 is 50.0 Å². The first-order valence-corrected chi connectivity index (χ1v) is 9.87. The van der Waals surface area contributed by atoms with Crippen LogP contribution in [0.5, 0.6) is 0 Å². The van der Waals surface area contributed by atoms with Gasteiger partial charge in [0.2, 0.25) is 5.91 Å². The number of hydrogen-bond donors (Lipinski definition) is 2. The van der Waals surface area contributed by atoms with Gasteiger partial charge in [-0.15, -0.1) is 0 Å². The lowest BCUT2D eigenvalue weighted by Gasteiger charge is -2.31. The van der Waals surface area contributed by atoms with Crippen LogP contribution in [-0.4, -0.2) is 33.9 Å². The molecular weight excluding hydrogens is 386 g/mol. The highest BCUT2D eigenvalue weighted by atomic mass is 35.5. The van der Waals surface area contributed by atoms with Gasteiger partial charge in [-0.25, -0.2) is 4.98 Å². The number of nitrogens with zero attached hydrogens (tertiary/aromatic N) is 3. The van der Waals surface area contributed by atoms with Gasteiger partial charge in [0, 0.05) is 19.0 Å². The summed E-state index contributed by atoms with van der Waals surface area (Å²) in [7, 11) is 0. The Morgan fingerprint density at radius 2 is 2.15 bits per heavy atom. The van der Waals surface area contributed by atoms with Crippen LogP contribution >= 0.6 is 22.9 Å². The van der Waals surface area contributed by atoms with Gasteiger partial charge in [0.25, 0.3) is 5.56 Å². The van der Waals surface area contributed by atoms with Crippen LogP contribution in [-0.2, 0) is 4.79 Å². The molecule has 9 heteroatoms. The SMILES string of the molecule is Cc1ccc(NC(=O)C2CCN(c3nc4nc[nH]c(=O)c4s3)CC2)c(Cl)c1. The van der Waals surface area contributed by atoms with E-state index < -0.39 is 0 Å². The minimum atomic E-state index is -0.173. The van der Waals surface area contributed by atoms with Gasteiger partial charge in [0.05, 0.1) is 17.0 Å². The molecule has 140 valence electrons. The number of carbonyl (C=O) groups excluding carboxylic acids is 1. The topological polar surface area (TPSA) is 91.0 Å². The molecule has 1 amide bonds. The van der Waals surface area contributed by atoms with E-state index in [0.717, 1.165) is 23.5 Å². The summed E-state index contributed by atoms with van der Waals surface area (Å²) in [6.07, 6.45) is 2.80. The molecular formula is C18H18ClN5O2S. The molecule has 4 rings (SSSR count). The zero-order valence-electron chi connectivity index (χ0n) is 14.7. The summed E-state index contributed by atoms with van der Waals surface area (Å²) in [6, 6.07) is 5.59. The van der Waals surface area contributed by atoms with Crippen molar-refractivity contribution in [3.8, 4) is 0 Å². The monoisotopic (exact) mass is 403 g/mol. The smallest absolute Gasteiger partial charge is 0.270 e. The summed E-state index contributed by atoms with van der Waals surface area (Å²) in [5.74, 6) is -0.0858. The van der Waals surface area contributed by atoms with Crippen LogP contribution in [0.15, 0.2) is 29.3 Å². The van der Waals surface area contributed by atoms with Crippen molar-refractivity contribution in [1.82, 2.24) is 15.0 Å². The fourth-order valence-electron chi connectivity index (χ4n) is 3.18. The standard InChI is InChI=1S/C18H18ClN5O2S/c1-10-2-3-13(12(19)8-10)22-16(25)11-4-6-24(7-5-11)18-23-15-14(27-18)17(26)21-9-20-15/h2-3,8-9,11H,4-7H2,1H3,(H,22,25)(H,20,21,26). The number of carbonyl (C=O) groups is 1. The fourth-order valence-corrected chi connectivity index (χ4v) is 4.43. The van der Waals surface area contributed by atoms with Gasteiger partial charge in [-0.3, -0.25) is 9.59 Å². The van der Waals surface area contributed by atoms with Gasteiger partial charge in [-0.1, -0.05) is 29.0 Å². The van der Waals surface area contributed by atoms with Crippen molar-refractivity contribution in [1.29, 1.82) is 0 Å². The lowest BCUT2D eigenvalue weighted by atomic mass is 9.96. The Bertz CT molecular complexity index is 1060. The van der Waals surface area contributed by atoms with E-state index in [4.69, 9.17) is 11.6 Å². The highest BCUT2D eigenvalue weighted by molar-refractivity contribution is 7.22. The number of aryl methyl sites for hydroxylation is 1. The van der Waals surface area contributed by atoms with Crippen molar-refractivity contribution in [3.63, 3.8) is 0 Å². The molecule has 0 bridgehead atoms. The maximum Gasteiger partial charge on any atom is 0.270 e. The average molecular weight is 404 g/mol. The number of nitrogens with one attached hydrogen (secondary N) is 2. The summed E-state index contributed by atoms with van der Waals surface area (Å²) in [5.41, 5.74) is 1.99. The molecule has 0 aliphatic carbocycles. The normalized spacial score (nSPS) is 15.3. The quantitative estimate of drug-likeness (QED) is 0.700. The Hall–Kier alpha value is -2.45. The third-order valence-electron chi connectivity index (χ3n) is 4.71. The lowest BCUT2D eigenvalue weighted by Crippen LogP contribution is -2.38. The highest BCUT2D eigenvalue weighted by Gasteiger charge is 2.27. The van der Waals surface area contributed by atoms with E-state index in [1.807, 2.05) is 25.1 Å². The number of piperidine rings is 1. The molecule has 0 spiro atoms. The first-order chi connectivity index (χ1) is 13.0. The Kier molecular flexibility index (Phi) is 4.84. The molecule has 7 nitrogen and oxygen atoms in total. The maximum absolute atomic E-state index is 12.6. The third-order valence-corrected chi connectivity index (χ3v) is 6.12. The Balaban J connectivity index is 1.41. The predicted octanol–water partition coefficient (Wildman–Crippen LogP) is 3.20. The van der Waals surface area contributed by atoms with E-state index in [-0.39, 0.29) is 17.4 Å². The number of amides is 1.